The molecule has 1 heterocycles. The van der Waals surface area contributed by atoms with Gasteiger partial charge in [0.25, 0.3) is 0 Å². The summed E-state index contributed by atoms with van der Waals surface area (Å²) >= 11 is 12.6. The van der Waals surface area contributed by atoms with Crippen LogP contribution in [0.3, 0.4) is 0 Å². The van der Waals surface area contributed by atoms with Gasteiger partial charge in [0.2, 0.25) is 11.9 Å². The second-order valence-corrected chi connectivity index (χ2v) is 33.6. The van der Waals surface area contributed by atoms with Crippen molar-refractivity contribution in [2.45, 2.75) is 379 Å². The largest absolute Gasteiger partial charge is 0.324 e. The van der Waals surface area contributed by atoms with E-state index in [0.29, 0.717) is 17.7 Å². The quantitative estimate of drug-likeness (QED) is 0.0328. The number of aromatic nitrogens is 3. The van der Waals surface area contributed by atoms with Gasteiger partial charge in [0.15, 0.2) is 5.82 Å². The second kappa shape index (κ2) is 59.3. The van der Waals surface area contributed by atoms with Crippen molar-refractivity contribution < 1.29 is 0 Å². The molecule has 0 amide bonds. The van der Waals surface area contributed by atoms with E-state index in [1.54, 1.807) is 0 Å². The van der Waals surface area contributed by atoms with Crippen LogP contribution >= 0.6 is 70.6 Å². The lowest BCUT2D eigenvalue weighted by atomic mass is 10.1. The highest BCUT2D eigenvalue weighted by Crippen LogP contribution is 2.45. The highest BCUT2D eigenvalue weighted by molar-refractivity contribution is 8.04. The lowest BCUT2D eigenvalue weighted by Gasteiger charge is -2.19. The van der Waals surface area contributed by atoms with Crippen LogP contribution in [0.2, 0.25) is 0 Å². The van der Waals surface area contributed by atoms with Crippen LogP contribution in [-0.2, 0) is 0 Å². The zero-order valence-corrected chi connectivity index (χ0v) is 65.7. The minimum Gasteiger partial charge on any atom is -0.324 e. The molecule has 5 nitrogen and oxygen atoms in total. The van der Waals surface area contributed by atoms with Crippen LogP contribution < -0.4 is 10.6 Å². The van der Waals surface area contributed by atoms with Crippen molar-refractivity contribution >= 4 is 93.8 Å². The van der Waals surface area contributed by atoms with Gasteiger partial charge in [-0.25, -0.2) is 0 Å². The summed E-state index contributed by atoms with van der Waals surface area (Å²) in [6.45, 7) is 18.2. The van der Waals surface area contributed by atoms with Gasteiger partial charge in [-0.3, -0.25) is 0 Å². The summed E-state index contributed by atoms with van der Waals surface area (Å²) < 4.78 is 0. The molecule has 4 rings (SSSR count). The van der Waals surface area contributed by atoms with Crippen molar-refractivity contribution in [1.82, 2.24) is 15.0 Å². The van der Waals surface area contributed by atoms with E-state index < -0.39 is 0 Å². The normalized spacial score (nSPS) is 11.6. The molecular formula is C82H138N5S6. The Morgan fingerprint density at radius 2 is 0.484 bits per heavy atom. The Balaban J connectivity index is 1.74. The molecule has 4 aromatic rings. The van der Waals surface area contributed by atoms with Crippen LogP contribution in [0, 0.1) is 6.92 Å². The minimum atomic E-state index is 0.574. The Kier molecular flexibility index (Phi) is 53.4. The van der Waals surface area contributed by atoms with Gasteiger partial charge in [0.1, 0.15) is 0 Å². The SMILES string of the molecule is [CH2]c1ccc(-c2nc(Nc3cc(SCCCCCCCCCC)c(SCCCCCCCCCC)c(SCCCCCCCCCC)c3)nc(Nc3cc(SCCCCCCCCCC)c(SCCCCCCCCCC)c(SCCCCCCCCCC)c3)n2)cc1. The highest BCUT2D eigenvalue weighted by Gasteiger charge is 2.19. The average molecular weight is 1390 g/mol. The van der Waals surface area contributed by atoms with Gasteiger partial charge in [0, 0.05) is 46.3 Å². The number of benzene rings is 3. The Bertz CT molecular complexity index is 2160. The number of anilines is 4. The molecule has 0 unspecified atom stereocenters. The Morgan fingerprint density at radius 3 is 0.720 bits per heavy atom. The summed E-state index contributed by atoms with van der Waals surface area (Å²) in [7, 11) is 0. The Labute approximate surface area is 600 Å². The smallest absolute Gasteiger partial charge is 0.232 e. The molecule has 11 heteroatoms. The number of nitrogens with zero attached hydrogens (tertiary/aromatic N) is 3. The molecule has 0 spiro atoms. The zero-order valence-electron chi connectivity index (χ0n) is 60.8. The lowest BCUT2D eigenvalue weighted by molar-refractivity contribution is 0.586. The van der Waals surface area contributed by atoms with Crippen LogP contribution in [0.25, 0.3) is 11.4 Å². The van der Waals surface area contributed by atoms with Crippen molar-refractivity contribution in [2.75, 3.05) is 45.2 Å². The molecule has 93 heavy (non-hydrogen) atoms. The first-order valence-corrected chi connectivity index (χ1v) is 45.2. The molecule has 0 atom stereocenters. The molecule has 527 valence electrons. The second-order valence-electron chi connectivity index (χ2n) is 26.8. The number of hydrogen-bond donors (Lipinski definition) is 2. The van der Waals surface area contributed by atoms with Crippen LogP contribution in [0.1, 0.15) is 355 Å². The summed E-state index contributed by atoms with van der Waals surface area (Å²) in [5, 5.41) is 7.74. The number of thioether (sulfide) groups is 6. The van der Waals surface area contributed by atoms with Gasteiger partial charge in [-0.05, 0) is 110 Å². The van der Waals surface area contributed by atoms with E-state index in [0.717, 1.165) is 45.5 Å². The molecule has 0 saturated carbocycles. The van der Waals surface area contributed by atoms with Gasteiger partial charge in [-0.1, -0.05) is 335 Å². The molecule has 1 radical (unpaired) electrons. The molecule has 0 saturated heterocycles. The number of nitrogens with one attached hydrogen (secondary N) is 2. The van der Waals surface area contributed by atoms with Gasteiger partial charge < -0.3 is 10.6 Å². The first-order chi connectivity index (χ1) is 45.9. The fourth-order valence-corrected chi connectivity index (χ4v) is 19.6. The molecule has 0 aliphatic rings. The van der Waals surface area contributed by atoms with Crippen molar-refractivity contribution in [3.05, 3.63) is 61.0 Å². The van der Waals surface area contributed by atoms with Gasteiger partial charge in [-0.2, -0.15) is 15.0 Å². The first kappa shape index (κ1) is 83.8. The minimum absolute atomic E-state index is 0.574. The molecule has 2 N–H and O–H groups in total. The average Bonchev–Trinajstić information content (AvgIpc) is 1.43. The van der Waals surface area contributed by atoms with Gasteiger partial charge >= 0.3 is 0 Å². The maximum absolute atomic E-state index is 5.33. The lowest BCUT2D eigenvalue weighted by Crippen LogP contribution is -2.06. The van der Waals surface area contributed by atoms with Crippen LogP contribution in [-0.4, -0.2) is 49.5 Å². The molecule has 0 bridgehead atoms. The molecule has 0 fully saturated rings. The third-order valence-corrected chi connectivity index (χ3v) is 25.4. The Morgan fingerprint density at radius 1 is 0.269 bits per heavy atom. The zero-order chi connectivity index (χ0) is 66.1. The van der Waals surface area contributed by atoms with E-state index in [1.807, 2.05) is 0 Å². The van der Waals surface area contributed by atoms with E-state index in [4.69, 9.17) is 15.0 Å². The fraction of sp³-hybridized carbons (Fsp3) is 0.732. The third kappa shape index (κ3) is 41.5. The maximum Gasteiger partial charge on any atom is 0.232 e. The standard InChI is InChI=1S/C82H138N5S6/c1-8-14-20-26-32-38-44-50-60-88-74-66-72(67-75(89-61-51-45-39-33-27-21-15-9-2)78(74)92-64-54-48-42-36-30-24-18-12-5)83-81-85-80(71-58-56-70(7)57-59-71)86-82(87-81)84-73-68-76(90-62-52-46-40-34-28-22-16-10-3)79(93-65-55-49-43-37-31-25-19-13-6)77(69-73)91-63-53-47-41-35-29-23-17-11-4/h56-59,66-69H,7-55,60-65H2,1-6H3,(H2,83,84,85,86,87). The fourth-order valence-electron chi connectivity index (χ4n) is 12.0. The molecule has 0 aliphatic heterocycles. The van der Waals surface area contributed by atoms with E-state index in [1.165, 1.54) is 349 Å². The predicted molar refractivity (Wildman–Crippen MR) is 429 cm³/mol. The van der Waals surface area contributed by atoms with E-state index >= 15 is 0 Å². The Hall–Kier alpha value is -1.63. The number of unbranched alkanes of at least 4 members (excludes halogenated alkanes) is 42. The van der Waals surface area contributed by atoms with Gasteiger partial charge in [-0.15, -0.1) is 70.6 Å². The predicted octanol–water partition coefficient (Wildman–Crippen LogP) is 30.6. The highest BCUT2D eigenvalue weighted by atomic mass is 32.2. The van der Waals surface area contributed by atoms with E-state index in [2.05, 4.69) is 178 Å². The third-order valence-electron chi connectivity index (χ3n) is 17.9. The van der Waals surface area contributed by atoms with Crippen LogP contribution in [0.15, 0.2) is 77.9 Å². The van der Waals surface area contributed by atoms with Crippen molar-refractivity contribution in [1.29, 1.82) is 0 Å². The summed E-state index contributed by atoms with van der Waals surface area (Å²) in [6, 6.07) is 18.1. The van der Waals surface area contributed by atoms with E-state index in [9.17, 15) is 0 Å². The summed E-state index contributed by atoms with van der Waals surface area (Å²) in [5.74, 6) is 8.74. The topological polar surface area (TPSA) is 62.7 Å². The number of rotatable bonds is 65. The first-order valence-electron chi connectivity index (χ1n) is 39.3. The molecule has 3 aromatic carbocycles. The summed E-state index contributed by atoms with van der Waals surface area (Å²) in [6.07, 6.45) is 64.7. The summed E-state index contributed by atoms with van der Waals surface area (Å²) in [4.78, 5) is 24.5. The van der Waals surface area contributed by atoms with Crippen molar-refractivity contribution in [3.63, 3.8) is 0 Å². The van der Waals surface area contributed by atoms with Crippen LogP contribution in [0.5, 0.6) is 0 Å². The summed E-state index contributed by atoms with van der Waals surface area (Å²) in [5.41, 5.74) is 4.07. The van der Waals surface area contributed by atoms with E-state index in [-0.39, 0.29) is 0 Å². The van der Waals surface area contributed by atoms with Crippen molar-refractivity contribution in [3.8, 4) is 11.4 Å². The number of hydrogen-bond acceptors (Lipinski definition) is 11. The monoisotopic (exact) mass is 1380 g/mol. The molecule has 0 aliphatic carbocycles. The maximum atomic E-state index is 5.33. The van der Waals surface area contributed by atoms with Gasteiger partial charge in [0.05, 0.1) is 0 Å². The molecular weight excluding hydrogens is 1250 g/mol. The van der Waals surface area contributed by atoms with Crippen molar-refractivity contribution in [2.24, 2.45) is 0 Å². The van der Waals surface area contributed by atoms with Crippen LogP contribution in [0.4, 0.5) is 23.3 Å². The molecule has 1 aromatic heterocycles.